The first-order chi connectivity index (χ1) is 7.31. The van der Waals surface area contributed by atoms with Gasteiger partial charge in [-0.05, 0) is 37.2 Å². The Morgan fingerprint density at radius 1 is 1.40 bits per heavy atom. The standard InChI is InChI=1S/C11H11NOS2/c13-11-12-10-8(14-11)4-7-5-1-2-6(3-5)9(7)15-10/h4-6,9H,1-3H2,(H,12,13). The highest BCUT2D eigenvalue weighted by atomic mass is 32.2. The molecule has 1 aromatic heterocycles. The zero-order chi connectivity index (χ0) is 9.99. The van der Waals surface area contributed by atoms with Gasteiger partial charge in [0.05, 0.1) is 9.90 Å². The molecule has 1 aromatic rings. The highest BCUT2D eigenvalue weighted by molar-refractivity contribution is 8.00. The average Bonchev–Trinajstić information content (AvgIpc) is 2.85. The summed E-state index contributed by atoms with van der Waals surface area (Å²) in [5.74, 6) is 1.71. The lowest BCUT2D eigenvalue weighted by molar-refractivity contribution is 0.573. The van der Waals surface area contributed by atoms with Crippen molar-refractivity contribution in [3.05, 3.63) is 20.1 Å². The van der Waals surface area contributed by atoms with Crippen LogP contribution < -0.4 is 4.87 Å². The molecule has 15 heavy (non-hydrogen) atoms. The van der Waals surface area contributed by atoms with Crippen LogP contribution in [0, 0.1) is 11.8 Å². The van der Waals surface area contributed by atoms with E-state index in [1.807, 2.05) is 11.8 Å². The van der Waals surface area contributed by atoms with Crippen molar-refractivity contribution in [1.29, 1.82) is 0 Å². The number of fused-ring (bicyclic) bond motifs is 6. The average molecular weight is 237 g/mol. The van der Waals surface area contributed by atoms with Crippen molar-refractivity contribution in [3.8, 4) is 0 Å². The van der Waals surface area contributed by atoms with Crippen LogP contribution in [0.1, 0.15) is 24.1 Å². The number of H-pyrrole nitrogens is 1. The van der Waals surface area contributed by atoms with Crippen molar-refractivity contribution in [2.75, 3.05) is 0 Å². The molecule has 2 nitrogen and oxygen atoms in total. The summed E-state index contributed by atoms with van der Waals surface area (Å²) in [6.45, 7) is 0. The van der Waals surface area contributed by atoms with Crippen molar-refractivity contribution in [3.63, 3.8) is 0 Å². The lowest BCUT2D eigenvalue weighted by atomic mass is 9.93. The van der Waals surface area contributed by atoms with E-state index >= 15 is 0 Å². The number of hydrogen-bond acceptors (Lipinski definition) is 3. The van der Waals surface area contributed by atoms with E-state index in [1.54, 1.807) is 5.57 Å². The fraction of sp³-hybridized carbons (Fsp3) is 0.545. The number of aromatic nitrogens is 1. The minimum absolute atomic E-state index is 0.0941. The van der Waals surface area contributed by atoms with Gasteiger partial charge in [-0.1, -0.05) is 28.7 Å². The van der Waals surface area contributed by atoms with Crippen LogP contribution in [0.15, 0.2) is 15.4 Å². The quantitative estimate of drug-likeness (QED) is 0.752. The van der Waals surface area contributed by atoms with Crippen LogP contribution in [0.3, 0.4) is 0 Å². The minimum atomic E-state index is 0.0941. The zero-order valence-electron chi connectivity index (χ0n) is 8.16. The van der Waals surface area contributed by atoms with E-state index in [0.29, 0.717) is 5.25 Å². The molecule has 0 saturated heterocycles. The molecule has 2 saturated carbocycles. The number of rotatable bonds is 0. The summed E-state index contributed by atoms with van der Waals surface area (Å²) in [6, 6.07) is 0. The molecule has 2 aliphatic carbocycles. The fourth-order valence-corrected chi connectivity index (χ4v) is 5.69. The lowest BCUT2D eigenvalue weighted by Crippen LogP contribution is -2.18. The van der Waals surface area contributed by atoms with Crippen LogP contribution in [-0.2, 0) is 0 Å². The third-order valence-electron chi connectivity index (χ3n) is 3.89. The predicted octanol–water partition coefficient (Wildman–Crippen LogP) is 2.72. The fourth-order valence-electron chi connectivity index (χ4n) is 3.25. The number of thiazole rings is 1. The molecule has 0 radical (unpaired) electrons. The molecule has 0 spiro atoms. The monoisotopic (exact) mass is 237 g/mol. The maximum absolute atomic E-state index is 11.3. The van der Waals surface area contributed by atoms with E-state index in [2.05, 4.69) is 11.1 Å². The van der Waals surface area contributed by atoms with Gasteiger partial charge in [0.25, 0.3) is 0 Å². The number of aromatic amines is 1. The first kappa shape index (κ1) is 8.65. The van der Waals surface area contributed by atoms with Gasteiger partial charge in [0, 0.05) is 5.25 Å². The topological polar surface area (TPSA) is 32.9 Å². The van der Waals surface area contributed by atoms with Crippen molar-refractivity contribution >= 4 is 29.2 Å². The van der Waals surface area contributed by atoms with Crippen molar-refractivity contribution in [2.45, 2.75) is 29.5 Å². The molecule has 1 N–H and O–H groups in total. The molecule has 2 heterocycles. The molecule has 4 heteroatoms. The van der Waals surface area contributed by atoms with Crippen LogP contribution in [0.4, 0.5) is 0 Å². The first-order valence-electron chi connectivity index (χ1n) is 5.42. The lowest BCUT2D eigenvalue weighted by Gasteiger charge is -2.27. The largest absolute Gasteiger partial charge is 0.307 e. The predicted molar refractivity (Wildman–Crippen MR) is 63.4 cm³/mol. The summed E-state index contributed by atoms with van der Waals surface area (Å²) in [4.78, 5) is 15.5. The van der Waals surface area contributed by atoms with Crippen molar-refractivity contribution in [1.82, 2.24) is 4.98 Å². The number of hydrogen-bond donors (Lipinski definition) is 1. The Kier molecular flexibility index (Phi) is 1.61. The Balaban J connectivity index is 1.88. The third kappa shape index (κ3) is 1.09. The SMILES string of the molecule is O=c1[nH]c2c(s1)C=C1C3CCC(C3)C1S2. The van der Waals surface area contributed by atoms with Crippen LogP contribution in [0.2, 0.25) is 0 Å². The van der Waals surface area contributed by atoms with Gasteiger partial charge in [0.15, 0.2) is 0 Å². The Hall–Kier alpha value is -0.480. The molecule has 78 valence electrons. The summed E-state index contributed by atoms with van der Waals surface area (Å²) < 4.78 is 0. The molecule has 3 aliphatic rings. The van der Waals surface area contributed by atoms with Gasteiger partial charge in [-0.2, -0.15) is 0 Å². The van der Waals surface area contributed by atoms with Gasteiger partial charge in [-0.25, -0.2) is 0 Å². The summed E-state index contributed by atoms with van der Waals surface area (Å²) >= 11 is 3.26. The number of nitrogens with one attached hydrogen (secondary N) is 1. The zero-order valence-corrected chi connectivity index (χ0v) is 9.79. The summed E-state index contributed by atoms with van der Waals surface area (Å²) in [5, 5.41) is 1.80. The Morgan fingerprint density at radius 3 is 3.27 bits per heavy atom. The second kappa shape index (κ2) is 2.80. The van der Waals surface area contributed by atoms with Gasteiger partial charge < -0.3 is 4.98 Å². The molecule has 3 unspecified atom stereocenters. The van der Waals surface area contributed by atoms with Gasteiger partial charge in [0.1, 0.15) is 0 Å². The molecule has 2 bridgehead atoms. The van der Waals surface area contributed by atoms with Gasteiger partial charge in [-0.3, -0.25) is 4.79 Å². The first-order valence-corrected chi connectivity index (χ1v) is 7.12. The highest BCUT2D eigenvalue weighted by Gasteiger charge is 2.45. The number of thioether (sulfide) groups is 1. The second-order valence-electron chi connectivity index (χ2n) is 4.66. The highest BCUT2D eigenvalue weighted by Crippen LogP contribution is 2.57. The molecular formula is C11H11NOS2. The van der Waals surface area contributed by atoms with Crippen LogP contribution >= 0.6 is 23.1 Å². The van der Waals surface area contributed by atoms with E-state index in [9.17, 15) is 4.79 Å². The van der Waals surface area contributed by atoms with E-state index in [-0.39, 0.29) is 4.87 Å². The molecule has 0 amide bonds. The summed E-state index contributed by atoms with van der Waals surface area (Å²) in [5.41, 5.74) is 1.62. The van der Waals surface area contributed by atoms with Gasteiger partial charge in [0.2, 0.25) is 0 Å². The van der Waals surface area contributed by atoms with Gasteiger partial charge >= 0.3 is 4.87 Å². The smallest absolute Gasteiger partial charge is 0.305 e. The third-order valence-corrected chi connectivity index (χ3v) is 6.31. The van der Waals surface area contributed by atoms with E-state index in [0.717, 1.165) is 16.9 Å². The minimum Gasteiger partial charge on any atom is -0.307 e. The summed E-state index contributed by atoms with van der Waals surface area (Å²) in [7, 11) is 0. The van der Waals surface area contributed by atoms with E-state index < -0.39 is 0 Å². The van der Waals surface area contributed by atoms with Gasteiger partial charge in [-0.15, -0.1) is 0 Å². The molecule has 0 aromatic carbocycles. The van der Waals surface area contributed by atoms with Crippen LogP contribution in [-0.4, -0.2) is 10.2 Å². The van der Waals surface area contributed by atoms with Crippen molar-refractivity contribution in [2.24, 2.45) is 11.8 Å². The normalized spacial score (nSPS) is 36.3. The van der Waals surface area contributed by atoms with Crippen LogP contribution in [0.25, 0.3) is 6.08 Å². The molecule has 2 fully saturated rings. The Labute approximate surface area is 95.8 Å². The molecular weight excluding hydrogens is 226 g/mol. The van der Waals surface area contributed by atoms with E-state index in [4.69, 9.17) is 0 Å². The van der Waals surface area contributed by atoms with E-state index in [1.165, 1.54) is 35.5 Å². The molecule has 4 rings (SSSR count). The van der Waals surface area contributed by atoms with Crippen LogP contribution in [0.5, 0.6) is 0 Å². The Morgan fingerprint density at radius 2 is 2.33 bits per heavy atom. The maximum Gasteiger partial charge on any atom is 0.305 e. The second-order valence-corrected chi connectivity index (χ2v) is 6.83. The summed E-state index contributed by atoms with van der Waals surface area (Å²) in [6.07, 6.45) is 6.46. The maximum atomic E-state index is 11.3. The molecule has 1 aliphatic heterocycles. The van der Waals surface area contributed by atoms with Crippen molar-refractivity contribution < 1.29 is 0 Å². The Bertz CT molecular complexity index is 513. The molecule has 3 atom stereocenters.